The summed E-state index contributed by atoms with van der Waals surface area (Å²) in [6.07, 6.45) is 0.971. The van der Waals surface area contributed by atoms with E-state index in [0.717, 1.165) is 19.5 Å². The Kier molecular flexibility index (Phi) is 4.91. The average molecular weight is 319 g/mol. The van der Waals surface area contributed by atoms with E-state index in [9.17, 15) is 14.0 Å². The van der Waals surface area contributed by atoms with Gasteiger partial charge in [-0.3, -0.25) is 9.59 Å². The first-order chi connectivity index (χ1) is 11.1. The SMILES string of the molecule is O=C(Cc1ccccc1F)N1CCN(C(=O)C2CCNC2)CC1. The molecule has 1 N–H and O–H groups in total. The van der Waals surface area contributed by atoms with Gasteiger partial charge in [-0.05, 0) is 24.6 Å². The van der Waals surface area contributed by atoms with Gasteiger partial charge in [0.05, 0.1) is 12.3 Å². The third-order valence-electron chi connectivity index (χ3n) is 4.65. The van der Waals surface area contributed by atoms with Crippen molar-refractivity contribution in [1.29, 1.82) is 0 Å². The molecule has 124 valence electrons. The van der Waals surface area contributed by atoms with Crippen molar-refractivity contribution in [3.05, 3.63) is 35.6 Å². The predicted octanol–water partition coefficient (Wildman–Crippen LogP) is 0.648. The molecule has 1 unspecified atom stereocenters. The van der Waals surface area contributed by atoms with Gasteiger partial charge in [0, 0.05) is 32.7 Å². The minimum absolute atomic E-state index is 0.0766. The summed E-state index contributed by atoms with van der Waals surface area (Å²) in [6, 6.07) is 6.36. The van der Waals surface area contributed by atoms with Crippen LogP contribution in [0.1, 0.15) is 12.0 Å². The fourth-order valence-corrected chi connectivity index (χ4v) is 3.22. The molecule has 0 aliphatic carbocycles. The molecule has 3 rings (SSSR count). The van der Waals surface area contributed by atoms with Crippen molar-refractivity contribution in [2.45, 2.75) is 12.8 Å². The lowest BCUT2D eigenvalue weighted by Crippen LogP contribution is -2.52. The van der Waals surface area contributed by atoms with Crippen molar-refractivity contribution in [3.63, 3.8) is 0 Å². The van der Waals surface area contributed by atoms with E-state index in [1.54, 1.807) is 23.1 Å². The minimum atomic E-state index is -0.344. The maximum Gasteiger partial charge on any atom is 0.227 e. The van der Waals surface area contributed by atoms with Crippen LogP contribution in [0.25, 0.3) is 0 Å². The van der Waals surface area contributed by atoms with Crippen molar-refractivity contribution in [1.82, 2.24) is 15.1 Å². The first kappa shape index (κ1) is 15.9. The average Bonchev–Trinajstić information content (AvgIpc) is 3.11. The number of hydrogen-bond acceptors (Lipinski definition) is 3. The lowest BCUT2D eigenvalue weighted by Gasteiger charge is -2.36. The van der Waals surface area contributed by atoms with Crippen molar-refractivity contribution in [2.75, 3.05) is 39.3 Å². The molecule has 0 bridgehead atoms. The summed E-state index contributed by atoms with van der Waals surface area (Å²) in [6.45, 7) is 3.85. The molecular weight excluding hydrogens is 297 g/mol. The fraction of sp³-hybridized carbons (Fsp3) is 0.529. The topological polar surface area (TPSA) is 52.7 Å². The molecule has 2 saturated heterocycles. The standard InChI is InChI=1S/C17H22FN3O2/c18-15-4-2-1-3-13(15)11-16(22)20-7-9-21(10-8-20)17(23)14-5-6-19-12-14/h1-4,14,19H,5-12H2. The van der Waals surface area contributed by atoms with E-state index < -0.39 is 0 Å². The number of carbonyl (C=O) groups excluding carboxylic acids is 2. The van der Waals surface area contributed by atoms with Gasteiger partial charge < -0.3 is 15.1 Å². The van der Waals surface area contributed by atoms with Gasteiger partial charge >= 0.3 is 0 Å². The number of piperazine rings is 1. The highest BCUT2D eigenvalue weighted by atomic mass is 19.1. The van der Waals surface area contributed by atoms with E-state index in [2.05, 4.69) is 5.32 Å². The first-order valence-corrected chi connectivity index (χ1v) is 8.16. The number of carbonyl (C=O) groups is 2. The molecule has 0 saturated carbocycles. The first-order valence-electron chi connectivity index (χ1n) is 8.16. The molecule has 2 amide bonds. The van der Waals surface area contributed by atoms with Crippen LogP contribution >= 0.6 is 0 Å². The predicted molar refractivity (Wildman–Crippen MR) is 84.2 cm³/mol. The zero-order chi connectivity index (χ0) is 16.2. The molecule has 23 heavy (non-hydrogen) atoms. The number of amides is 2. The van der Waals surface area contributed by atoms with Crippen LogP contribution in [0.3, 0.4) is 0 Å². The second-order valence-corrected chi connectivity index (χ2v) is 6.16. The zero-order valence-electron chi connectivity index (χ0n) is 13.1. The monoisotopic (exact) mass is 319 g/mol. The van der Waals surface area contributed by atoms with Gasteiger partial charge in [-0.15, -0.1) is 0 Å². The molecule has 6 heteroatoms. The van der Waals surface area contributed by atoms with Crippen LogP contribution in [0.4, 0.5) is 4.39 Å². The van der Waals surface area contributed by atoms with Crippen LogP contribution in [0, 0.1) is 11.7 Å². The van der Waals surface area contributed by atoms with Crippen molar-refractivity contribution in [3.8, 4) is 0 Å². The Balaban J connectivity index is 1.51. The van der Waals surface area contributed by atoms with Gasteiger partial charge in [0.1, 0.15) is 5.82 Å². The fourth-order valence-electron chi connectivity index (χ4n) is 3.22. The lowest BCUT2D eigenvalue weighted by atomic mass is 10.1. The highest BCUT2D eigenvalue weighted by molar-refractivity contribution is 5.81. The van der Waals surface area contributed by atoms with Crippen LogP contribution in [0.5, 0.6) is 0 Å². The van der Waals surface area contributed by atoms with Crippen molar-refractivity contribution >= 4 is 11.8 Å². The zero-order valence-corrected chi connectivity index (χ0v) is 13.1. The molecule has 5 nitrogen and oxygen atoms in total. The van der Waals surface area contributed by atoms with Crippen LogP contribution < -0.4 is 5.32 Å². The van der Waals surface area contributed by atoms with E-state index in [1.165, 1.54) is 6.07 Å². The van der Waals surface area contributed by atoms with E-state index in [-0.39, 0.29) is 30.0 Å². The molecule has 0 spiro atoms. The summed E-state index contributed by atoms with van der Waals surface area (Å²) in [4.78, 5) is 28.2. The molecular formula is C17H22FN3O2. The number of nitrogens with zero attached hydrogens (tertiary/aromatic N) is 2. The number of hydrogen-bond donors (Lipinski definition) is 1. The summed E-state index contributed by atoms with van der Waals surface area (Å²) in [7, 11) is 0. The van der Waals surface area contributed by atoms with E-state index in [4.69, 9.17) is 0 Å². The third-order valence-corrected chi connectivity index (χ3v) is 4.65. The Labute approximate surface area is 135 Å². The third kappa shape index (κ3) is 3.69. The highest BCUT2D eigenvalue weighted by Gasteiger charge is 2.30. The molecule has 1 atom stereocenters. The van der Waals surface area contributed by atoms with Gasteiger partial charge in [-0.2, -0.15) is 0 Å². The number of nitrogens with one attached hydrogen (secondary N) is 1. The second kappa shape index (κ2) is 7.08. The van der Waals surface area contributed by atoms with Gasteiger partial charge in [0.15, 0.2) is 0 Å². The molecule has 0 radical (unpaired) electrons. The maximum atomic E-state index is 13.6. The van der Waals surface area contributed by atoms with Gasteiger partial charge in [-0.25, -0.2) is 4.39 Å². The van der Waals surface area contributed by atoms with Crippen LogP contribution in [0.2, 0.25) is 0 Å². The molecule has 0 aromatic heterocycles. The van der Waals surface area contributed by atoms with E-state index in [1.807, 2.05) is 4.90 Å². The smallest absolute Gasteiger partial charge is 0.227 e. The Morgan fingerprint density at radius 3 is 2.48 bits per heavy atom. The summed E-state index contributed by atoms with van der Waals surface area (Å²) in [5, 5.41) is 3.20. The lowest BCUT2D eigenvalue weighted by molar-refractivity contribution is -0.141. The molecule has 1 aromatic rings. The molecule has 1 aromatic carbocycles. The Hall–Kier alpha value is -1.95. The molecule has 2 aliphatic heterocycles. The van der Waals surface area contributed by atoms with Gasteiger partial charge in [-0.1, -0.05) is 18.2 Å². The number of halogens is 1. The van der Waals surface area contributed by atoms with E-state index >= 15 is 0 Å². The van der Waals surface area contributed by atoms with Crippen molar-refractivity contribution in [2.24, 2.45) is 5.92 Å². The van der Waals surface area contributed by atoms with Gasteiger partial charge in [0.2, 0.25) is 11.8 Å². The highest BCUT2D eigenvalue weighted by Crippen LogP contribution is 2.15. The number of rotatable bonds is 3. The summed E-state index contributed by atoms with van der Waals surface area (Å²) in [5.41, 5.74) is 0.424. The Morgan fingerprint density at radius 2 is 1.83 bits per heavy atom. The molecule has 2 heterocycles. The molecule has 2 fully saturated rings. The maximum absolute atomic E-state index is 13.6. The molecule has 2 aliphatic rings. The van der Waals surface area contributed by atoms with Crippen LogP contribution in [-0.4, -0.2) is 60.9 Å². The number of benzene rings is 1. The summed E-state index contributed by atoms with van der Waals surface area (Å²) >= 11 is 0. The van der Waals surface area contributed by atoms with E-state index in [0.29, 0.717) is 31.7 Å². The van der Waals surface area contributed by atoms with Crippen LogP contribution in [0.15, 0.2) is 24.3 Å². The van der Waals surface area contributed by atoms with Crippen LogP contribution in [-0.2, 0) is 16.0 Å². The van der Waals surface area contributed by atoms with Crippen molar-refractivity contribution < 1.29 is 14.0 Å². The Bertz CT molecular complexity index is 579. The van der Waals surface area contributed by atoms with Gasteiger partial charge in [0.25, 0.3) is 0 Å². The normalized spacial score (nSPS) is 21.5. The quantitative estimate of drug-likeness (QED) is 0.890. The summed E-state index contributed by atoms with van der Waals surface area (Å²) < 4.78 is 13.6. The Morgan fingerprint density at radius 1 is 1.13 bits per heavy atom. The second-order valence-electron chi connectivity index (χ2n) is 6.16. The largest absolute Gasteiger partial charge is 0.339 e. The summed E-state index contributed by atoms with van der Waals surface area (Å²) in [5.74, 6) is -0.153. The minimum Gasteiger partial charge on any atom is -0.339 e.